The number of benzene rings is 2. The van der Waals surface area contributed by atoms with E-state index in [9.17, 15) is 4.79 Å². The van der Waals surface area contributed by atoms with Crippen LogP contribution in [0.2, 0.25) is 5.02 Å². The highest BCUT2D eigenvalue weighted by Crippen LogP contribution is 2.34. The van der Waals surface area contributed by atoms with Gasteiger partial charge in [-0.15, -0.1) is 11.3 Å². The minimum atomic E-state index is -0.139. The molecule has 6 nitrogen and oxygen atoms in total. The van der Waals surface area contributed by atoms with Crippen molar-refractivity contribution in [3.05, 3.63) is 93.0 Å². The average molecular weight is 491 g/mol. The molecule has 0 atom stereocenters. The Hall–Kier alpha value is -3.26. The number of aryl methyl sites for hydroxylation is 1. The predicted octanol–water partition coefficient (Wildman–Crippen LogP) is 6.02. The van der Waals surface area contributed by atoms with Crippen LogP contribution in [0, 0.1) is 0 Å². The van der Waals surface area contributed by atoms with E-state index in [1.165, 1.54) is 11.3 Å². The van der Waals surface area contributed by atoms with E-state index >= 15 is 0 Å². The fraction of sp³-hybridized carbons (Fsp3) is 0.192. The van der Waals surface area contributed by atoms with Crippen LogP contribution in [0.5, 0.6) is 0 Å². The van der Waals surface area contributed by atoms with Crippen LogP contribution in [-0.2, 0) is 13.0 Å². The lowest BCUT2D eigenvalue weighted by Crippen LogP contribution is -2.23. The largest absolute Gasteiger partial charge is 0.361 e. The second kappa shape index (κ2) is 9.93. The van der Waals surface area contributed by atoms with Gasteiger partial charge in [-0.2, -0.15) is 0 Å². The fourth-order valence-corrected chi connectivity index (χ4v) is 5.18. The summed E-state index contributed by atoms with van der Waals surface area (Å²) in [6, 6.07) is 19.5. The van der Waals surface area contributed by atoms with Crippen molar-refractivity contribution in [1.29, 1.82) is 0 Å². The van der Waals surface area contributed by atoms with Crippen molar-refractivity contribution >= 4 is 33.2 Å². The van der Waals surface area contributed by atoms with E-state index in [4.69, 9.17) is 21.1 Å². The molecule has 0 spiro atoms. The Morgan fingerprint density at radius 1 is 1.09 bits per heavy atom. The Morgan fingerprint density at radius 3 is 2.71 bits per heavy atom. The summed E-state index contributed by atoms with van der Waals surface area (Å²) in [6.07, 6.45) is 1.70. The Bertz CT molecular complexity index is 1480. The van der Waals surface area contributed by atoms with Crippen LogP contribution in [0.1, 0.15) is 18.0 Å². The fourth-order valence-electron chi connectivity index (χ4n) is 3.98. The van der Waals surface area contributed by atoms with Crippen molar-refractivity contribution < 1.29 is 4.52 Å². The third-order valence-corrected chi connectivity index (χ3v) is 6.87. The van der Waals surface area contributed by atoms with E-state index < -0.39 is 0 Å². The maximum Gasteiger partial charge on any atom is 0.260 e. The number of H-pyrrole nitrogens is 1. The zero-order chi connectivity index (χ0) is 23.5. The summed E-state index contributed by atoms with van der Waals surface area (Å²) >= 11 is 7.81. The minimum absolute atomic E-state index is 0.139. The number of nitrogens with zero attached hydrogens (tertiary/aromatic N) is 3. The summed E-state index contributed by atoms with van der Waals surface area (Å²) in [4.78, 5) is 23.4. The summed E-state index contributed by atoms with van der Waals surface area (Å²) < 4.78 is 5.49. The number of aromatic nitrogens is 3. The molecule has 3 aromatic heterocycles. The molecule has 0 saturated heterocycles. The van der Waals surface area contributed by atoms with Gasteiger partial charge in [-0.3, -0.25) is 9.69 Å². The minimum Gasteiger partial charge on any atom is -0.361 e. The summed E-state index contributed by atoms with van der Waals surface area (Å²) in [5.74, 6) is 1.52. The maximum atomic E-state index is 12.9. The van der Waals surface area contributed by atoms with Gasteiger partial charge in [0.05, 0.1) is 11.9 Å². The van der Waals surface area contributed by atoms with Crippen LogP contribution in [0.3, 0.4) is 0 Å². The summed E-state index contributed by atoms with van der Waals surface area (Å²) in [5, 5.41) is 7.33. The van der Waals surface area contributed by atoms with Gasteiger partial charge in [0.25, 0.3) is 5.56 Å². The van der Waals surface area contributed by atoms with Crippen molar-refractivity contribution in [2.45, 2.75) is 19.4 Å². The highest BCUT2D eigenvalue weighted by atomic mass is 35.5. The number of fused-ring (bicyclic) bond motifs is 1. The number of rotatable bonds is 8. The molecule has 0 saturated carbocycles. The topological polar surface area (TPSA) is 75.0 Å². The van der Waals surface area contributed by atoms with Gasteiger partial charge in [0, 0.05) is 39.6 Å². The first-order valence-corrected chi connectivity index (χ1v) is 12.3. The molecule has 5 aromatic rings. The first-order valence-electron chi connectivity index (χ1n) is 11.0. The first-order chi connectivity index (χ1) is 16.6. The molecule has 0 fully saturated rings. The van der Waals surface area contributed by atoms with Crippen molar-refractivity contribution in [2.75, 3.05) is 13.6 Å². The van der Waals surface area contributed by atoms with Gasteiger partial charge in [-0.05, 0) is 26.1 Å². The standard InChI is InChI=1S/C26H23ClN4O2S/c1-31(13-7-10-18-14-22(30-33-18)17-8-3-2-4-9-17)15-23-28-25(32)24-20(16-34-26(24)29-23)19-11-5-6-12-21(19)27/h2-6,8-9,11-12,14,16H,7,10,13,15H2,1H3,(H,28,29,32). The number of aromatic amines is 1. The average Bonchev–Trinajstić information content (AvgIpc) is 3.48. The van der Waals surface area contributed by atoms with Gasteiger partial charge in [0.2, 0.25) is 0 Å². The van der Waals surface area contributed by atoms with Crippen LogP contribution >= 0.6 is 22.9 Å². The highest BCUT2D eigenvalue weighted by molar-refractivity contribution is 7.17. The van der Waals surface area contributed by atoms with Gasteiger partial charge < -0.3 is 9.51 Å². The lowest BCUT2D eigenvalue weighted by atomic mass is 10.1. The molecular weight excluding hydrogens is 468 g/mol. The molecule has 0 unspecified atom stereocenters. The predicted molar refractivity (Wildman–Crippen MR) is 137 cm³/mol. The molecule has 0 radical (unpaired) electrons. The van der Waals surface area contributed by atoms with Crippen LogP contribution in [-0.4, -0.2) is 33.6 Å². The normalized spacial score (nSPS) is 11.5. The van der Waals surface area contributed by atoms with Crippen LogP contribution in [0.15, 0.2) is 75.4 Å². The van der Waals surface area contributed by atoms with Crippen molar-refractivity contribution in [1.82, 2.24) is 20.0 Å². The number of hydrogen-bond donors (Lipinski definition) is 1. The SMILES string of the molecule is CN(CCCc1cc(-c2ccccc2)no1)Cc1nc2scc(-c3ccccc3Cl)c2c(=O)[nH]1. The number of hydrogen-bond acceptors (Lipinski definition) is 6. The molecule has 8 heteroatoms. The van der Waals surface area contributed by atoms with Crippen molar-refractivity contribution in [3.8, 4) is 22.4 Å². The lowest BCUT2D eigenvalue weighted by Gasteiger charge is -2.15. The Kier molecular flexibility index (Phi) is 6.58. The summed E-state index contributed by atoms with van der Waals surface area (Å²) in [7, 11) is 2.02. The molecule has 172 valence electrons. The summed E-state index contributed by atoms with van der Waals surface area (Å²) in [5.41, 5.74) is 3.42. The van der Waals surface area contributed by atoms with E-state index in [2.05, 4.69) is 15.0 Å². The molecule has 0 amide bonds. The molecule has 0 aliphatic rings. The molecule has 34 heavy (non-hydrogen) atoms. The number of halogens is 1. The third-order valence-electron chi connectivity index (χ3n) is 5.67. The number of thiophene rings is 1. The van der Waals surface area contributed by atoms with Gasteiger partial charge in [-0.25, -0.2) is 4.98 Å². The Labute approximate surface area is 205 Å². The lowest BCUT2D eigenvalue weighted by molar-refractivity contribution is 0.305. The molecule has 0 aliphatic carbocycles. The van der Waals surface area contributed by atoms with Gasteiger partial charge in [-0.1, -0.05) is 65.3 Å². The van der Waals surface area contributed by atoms with Crippen LogP contribution in [0.25, 0.3) is 32.6 Å². The third kappa shape index (κ3) is 4.82. The van der Waals surface area contributed by atoms with E-state index in [0.717, 1.165) is 52.4 Å². The van der Waals surface area contributed by atoms with Gasteiger partial charge in [0.1, 0.15) is 22.1 Å². The van der Waals surface area contributed by atoms with E-state index in [1.807, 2.05) is 73.1 Å². The zero-order valence-electron chi connectivity index (χ0n) is 18.6. The van der Waals surface area contributed by atoms with E-state index in [0.29, 0.717) is 22.8 Å². The Balaban J connectivity index is 1.22. The molecule has 1 N–H and O–H groups in total. The maximum absolute atomic E-state index is 12.9. The summed E-state index contributed by atoms with van der Waals surface area (Å²) in [6.45, 7) is 1.38. The Morgan fingerprint density at radius 2 is 1.88 bits per heavy atom. The zero-order valence-corrected chi connectivity index (χ0v) is 20.2. The van der Waals surface area contributed by atoms with E-state index in [-0.39, 0.29) is 5.56 Å². The smallest absolute Gasteiger partial charge is 0.260 e. The van der Waals surface area contributed by atoms with Gasteiger partial charge >= 0.3 is 0 Å². The first kappa shape index (κ1) is 22.5. The second-order valence-corrected chi connectivity index (χ2v) is 9.47. The molecule has 3 heterocycles. The molecule has 0 bridgehead atoms. The second-order valence-electron chi connectivity index (χ2n) is 8.21. The van der Waals surface area contributed by atoms with Crippen LogP contribution in [0.4, 0.5) is 0 Å². The quantitative estimate of drug-likeness (QED) is 0.287. The number of nitrogens with one attached hydrogen (secondary N) is 1. The van der Waals surface area contributed by atoms with Crippen LogP contribution < -0.4 is 5.56 Å². The van der Waals surface area contributed by atoms with Crippen molar-refractivity contribution in [3.63, 3.8) is 0 Å². The monoisotopic (exact) mass is 490 g/mol. The molecule has 2 aromatic carbocycles. The molecule has 0 aliphatic heterocycles. The van der Waals surface area contributed by atoms with Gasteiger partial charge in [0.15, 0.2) is 0 Å². The van der Waals surface area contributed by atoms with Crippen molar-refractivity contribution in [2.24, 2.45) is 0 Å². The molecule has 5 rings (SSSR count). The highest BCUT2D eigenvalue weighted by Gasteiger charge is 2.15. The molecular formula is C26H23ClN4O2S. The van der Waals surface area contributed by atoms with E-state index in [1.54, 1.807) is 0 Å².